The third kappa shape index (κ3) is 3.11. The number of amides is 1. The van der Waals surface area contributed by atoms with Crippen molar-refractivity contribution in [3.63, 3.8) is 0 Å². The van der Waals surface area contributed by atoms with Crippen LogP contribution < -0.4 is 22.1 Å². The Morgan fingerprint density at radius 1 is 1.21 bits per heavy atom. The highest BCUT2D eigenvalue weighted by molar-refractivity contribution is 5.92. The highest BCUT2D eigenvalue weighted by atomic mass is 16.1. The van der Waals surface area contributed by atoms with Crippen LogP contribution in [-0.4, -0.2) is 15.5 Å². The van der Waals surface area contributed by atoms with Crippen LogP contribution in [0.3, 0.4) is 0 Å². The fourth-order valence-corrected chi connectivity index (χ4v) is 2.52. The van der Waals surface area contributed by atoms with Crippen LogP contribution in [0.15, 0.2) is 53.3 Å². The fourth-order valence-electron chi connectivity index (χ4n) is 2.52. The lowest BCUT2D eigenvalue weighted by Crippen LogP contribution is -2.27. The summed E-state index contributed by atoms with van der Waals surface area (Å²) in [4.78, 5) is 28.5. The Balaban J connectivity index is 2.14. The number of carbonyl (C=O) groups is 1. The smallest absolute Gasteiger partial charge is 0.263 e. The summed E-state index contributed by atoms with van der Waals surface area (Å²) in [5, 5.41) is 3.08. The number of hydrogen-bond acceptors (Lipinski definition) is 5. The van der Waals surface area contributed by atoms with E-state index in [1.165, 1.54) is 11.5 Å². The van der Waals surface area contributed by atoms with Gasteiger partial charge in [0.25, 0.3) is 5.56 Å². The first-order chi connectivity index (χ1) is 11.6. The lowest BCUT2D eigenvalue weighted by Gasteiger charge is -2.13. The third-order valence-electron chi connectivity index (χ3n) is 3.59. The molecule has 7 heteroatoms. The number of anilines is 2. The molecule has 0 atom stereocenters. The summed E-state index contributed by atoms with van der Waals surface area (Å²) in [6.07, 6.45) is 0. The molecular formula is C17H17N5O2. The third-order valence-corrected chi connectivity index (χ3v) is 3.59. The van der Waals surface area contributed by atoms with Crippen LogP contribution in [0, 0.1) is 0 Å². The van der Waals surface area contributed by atoms with E-state index in [1.54, 1.807) is 18.2 Å². The van der Waals surface area contributed by atoms with Gasteiger partial charge in [-0.3, -0.25) is 19.6 Å². The number of nitrogens with two attached hydrogens (primary N) is 1. The minimum Gasteiger partial charge on any atom is -0.326 e. The molecule has 0 unspecified atom stereocenters. The molecule has 0 fully saturated rings. The Morgan fingerprint density at radius 3 is 2.62 bits per heavy atom. The quantitative estimate of drug-likeness (QED) is 0.501. The number of fused-ring (bicyclic) bond motifs is 1. The number of aromatic nitrogens is 2. The van der Waals surface area contributed by atoms with Crippen LogP contribution in [0.5, 0.6) is 0 Å². The molecule has 0 aliphatic carbocycles. The van der Waals surface area contributed by atoms with E-state index in [0.717, 1.165) is 5.56 Å². The van der Waals surface area contributed by atoms with Gasteiger partial charge in [0, 0.05) is 12.6 Å². The predicted molar refractivity (Wildman–Crippen MR) is 93.7 cm³/mol. The fraction of sp³-hybridized carbons (Fsp3) is 0.118. The van der Waals surface area contributed by atoms with E-state index in [-0.39, 0.29) is 17.4 Å². The average Bonchev–Trinajstić information content (AvgIpc) is 2.58. The van der Waals surface area contributed by atoms with Gasteiger partial charge in [-0.05, 0) is 23.8 Å². The largest absolute Gasteiger partial charge is 0.326 e. The maximum absolute atomic E-state index is 12.9. The molecule has 0 saturated carbocycles. The molecule has 0 bridgehead atoms. The predicted octanol–water partition coefficient (Wildman–Crippen LogP) is 1.69. The molecule has 0 radical (unpaired) electrons. The molecule has 2 aromatic carbocycles. The van der Waals surface area contributed by atoms with Gasteiger partial charge in [0.05, 0.1) is 17.4 Å². The Bertz CT molecular complexity index is 950. The molecular weight excluding hydrogens is 306 g/mol. The zero-order valence-electron chi connectivity index (χ0n) is 13.1. The van der Waals surface area contributed by atoms with Gasteiger partial charge >= 0.3 is 0 Å². The number of nitrogens with zero attached hydrogens (tertiary/aromatic N) is 2. The number of carbonyl (C=O) groups excluding carboxylic acids is 1. The van der Waals surface area contributed by atoms with E-state index in [1.807, 2.05) is 30.3 Å². The molecule has 0 aliphatic rings. The van der Waals surface area contributed by atoms with Crippen molar-refractivity contribution in [2.75, 3.05) is 10.7 Å². The molecule has 7 nitrogen and oxygen atoms in total. The SMILES string of the molecule is CC(=O)Nc1ccc2nc(NN)n(Cc3ccccc3)c(=O)c2c1. The van der Waals surface area contributed by atoms with Crippen molar-refractivity contribution in [3.05, 3.63) is 64.4 Å². The van der Waals surface area contributed by atoms with E-state index in [4.69, 9.17) is 5.84 Å². The molecule has 122 valence electrons. The summed E-state index contributed by atoms with van der Waals surface area (Å²) in [5.74, 6) is 5.61. The molecule has 0 spiro atoms. The number of nitrogens with one attached hydrogen (secondary N) is 2. The molecule has 0 saturated heterocycles. The summed E-state index contributed by atoms with van der Waals surface area (Å²) in [5.41, 5.74) is 4.25. The van der Waals surface area contributed by atoms with E-state index >= 15 is 0 Å². The normalized spacial score (nSPS) is 10.6. The van der Waals surface area contributed by atoms with Crippen molar-refractivity contribution in [2.24, 2.45) is 5.84 Å². The summed E-state index contributed by atoms with van der Waals surface area (Å²) < 4.78 is 1.47. The van der Waals surface area contributed by atoms with Gasteiger partial charge in [-0.15, -0.1) is 0 Å². The summed E-state index contributed by atoms with van der Waals surface area (Å²) in [6.45, 7) is 1.75. The van der Waals surface area contributed by atoms with Crippen LogP contribution in [0.4, 0.5) is 11.6 Å². The maximum atomic E-state index is 12.9. The lowest BCUT2D eigenvalue weighted by atomic mass is 10.2. The van der Waals surface area contributed by atoms with Gasteiger partial charge in [0.2, 0.25) is 11.9 Å². The van der Waals surface area contributed by atoms with E-state index in [9.17, 15) is 9.59 Å². The first-order valence-electron chi connectivity index (χ1n) is 7.41. The minimum atomic E-state index is -0.232. The van der Waals surface area contributed by atoms with Crippen molar-refractivity contribution >= 4 is 28.4 Å². The molecule has 4 N–H and O–H groups in total. The van der Waals surface area contributed by atoms with Crippen LogP contribution in [-0.2, 0) is 11.3 Å². The van der Waals surface area contributed by atoms with Gasteiger partial charge in [0.1, 0.15) is 0 Å². The van der Waals surface area contributed by atoms with Gasteiger partial charge in [-0.1, -0.05) is 30.3 Å². The van der Waals surface area contributed by atoms with Crippen molar-refractivity contribution < 1.29 is 4.79 Å². The molecule has 0 aliphatic heterocycles. The van der Waals surface area contributed by atoms with E-state index < -0.39 is 0 Å². The Labute approximate surface area is 138 Å². The van der Waals surface area contributed by atoms with Crippen LogP contribution in [0.25, 0.3) is 10.9 Å². The molecule has 1 heterocycles. The molecule has 24 heavy (non-hydrogen) atoms. The van der Waals surface area contributed by atoms with Crippen molar-refractivity contribution in [3.8, 4) is 0 Å². The standard InChI is InChI=1S/C17H17N5O2/c1-11(23)19-13-7-8-15-14(9-13)16(24)22(17(20-15)21-18)10-12-5-3-2-4-6-12/h2-9H,10,18H2,1H3,(H,19,23)(H,20,21). The molecule has 3 rings (SSSR count). The van der Waals surface area contributed by atoms with Crippen molar-refractivity contribution in [2.45, 2.75) is 13.5 Å². The lowest BCUT2D eigenvalue weighted by molar-refractivity contribution is -0.114. The number of hydrogen-bond donors (Lipinski definition) is 3. The second kappa shape index (κ2) is 6.51. The zero-order valence-corrected chi connectivity index (χ0v) is 13.1. The summed E-state index contributed by atoms with van der Waals surface area (Å²) in [6, 6.07) is 14.5. The zero-order chi connectivity index (χ0) is 17.1. The highest BCUT2D eigenvalue weighted by Gasteiger charge is 2.11. The second-order valence-electron chi connectivity index (χ2n) is 5.37. The molecule has 1 amide bonds. The second-order valence-corrected chi connectivity index (χ2v) is 5.37. The van der Waals surface area contributed by atoms with Gasteiger partial charge in [-0.2, -0.15) is 0 Å². The topological polar surface area (TPSA) is 102 Å². The Kier molecular flexibility index (Phi) is 4.26. The number of hydrazine groups is 1. The summed E-state index contributed by atoms with van der Waals surface area (Å²) in [7, 11) is 0. The monoisotopic (exact) mass is 323 g/mol. The van der Waals surface area contributed by atoms with Gasteiger partial charge in [-0.25, -0.2) is 10.8 Å². The highest BCUT2D eigenvalue weighted by Crippen LogP contribution is 2.17. The van der Waals surface area contributed by atoms with E-state index in [2.05, 4.69) is 15.7 Å². The van der Waals surface area contributed by atoms with Crippen molar-refractivity contribution in [1.82, 2.24) is 9.55 Å². The van der Waals surface area contributed by atoms with Crippen molar-refractivity contribution in [1.29, 1.82) is 0 Å². The first-order valence-corrected chi connectivity index (χ1v) is 7.41. The maximum Gasteiger partial charge on any atom is 0.263 e. The first kappa shape index (κ1) is 15.7. The number of benzene rings is 2. The number of nitrogen functional groups attached to an aromatic ring is 1. The van der Waals surface area contributed by atoms with Crippen LogP contribution >= 0.6 is 0 Å². The van der Waals surface area contributed by atoms with Gasteiger partial charge < -0.3 is 5.32 Å². The molecule has 1 aromatic heterocycles. The minimum absolute atomic E-state index is 0.202. The Hall–Kier alpha value is -3.19. The van der Waals surface area contributed by atoms with Crippen LogP contribution in [0.1, 0.15) is 12.5 Å². The number of rotatable bonds is 4. The average molecular weight is 323 g/mol. The summed E-state index contributed by atoms with van der Waals surface area (Å²) >= 11 is 0. The van der Waals surface area contributed by atoms with Gasteiger partial charge in [0.15, 0.2) is 0 Å². The van der Waals surface area contributed by atoms with E-state index in [0.29, 0.717) is 23.1 Å². The molecule has 3 aromatic rings. The Morgan fingerprint density at radius 2 is 1.96 bits per heavy atom. The van der Waals surface area contributed by atoms with Crippen LogP contribution in [0.2, 0.25) is 0 Å².